The highest BCUT2D eigenvalue weighted by Crippen LogP contribution is 2.54. The molecule has 0 unspecified atom stereocenters. The zero-order chi connectivity index (χ0) is 25.3. The highest BCUT2D eigenvalue weighted by atomic mass is 28.4. The first-order valence-corrected chi connectivity index (χ1v) is 16.3. The van der Waals surface area contributed by atoms with E-state index in [9.17, 15) is 4.79 Å². The third-order valence-corrected chi connectivity index (χ3v) is 13.9. The number of benzene rings is 1. The second kappa shape index (κ2) is 10.7. The summed E-state index contributed by atoms with van der Waals surface area (Å²) in [5.41, 5.74) is 2.15. The maximum atomic E-state index is 13.0. The molecule has 3 rings (SSSR count). The maximum Gasteiger partial charge on any atom is 0.338 e. The molecule has 7 atom stereocenters. The van der Waals surface area contributed by atoms with Gasteiger partial charge in [-0.15, -0.1) is 0 Å². The molecule has 2 aliphatic rings. The van der Waals surface area contributed by atoms with Crippen LogP contribution in [0.1, 0.15) is 78.1 Å². The second-order valence-corrected chi connectivity index (χ2v) is 17.4. The van der Waals surface area contributed by atoms with Gasteiger partial charge in [-0.1, -0.05) is 64.5 Å². The van der Waals surface area contributed by atoms with Gasteiger partial charge in [0.2, 0.25) is 0 Å². The normalized spacial score (nSPS) is 32.7. The van der Waals surface area contributed by atoms with Gasteiger partial charge in [0.25, 0.3) is 0 Å². The summed E-state index contributed by atoms with van der Waals surface area (Å²) in [5.74, 6) is 2.91. The van der Waals surface area contributed by atoms with Crippen LogP contribution in [0.3, 0.4) is 0 Å². The SMILES string of the molecule is C/C=C(\C)[C@H]1[C@@H](CO[Si](C)(C)C(C)(C)C)[C@H]2[C@@H](C[C@@H]1C)[C@@H](OC(=O)c1ccccc1)CC[C@@H]2C. The van der Waals surface area contributed by atoms with Gasteiger partial charge >= 0.3 is 5.97 Å². The molecule has 0 N–H and O–H groups in total. The molecule has 0 radical (unpaired) electrons. The summed E-state index contributed by atoms with van der Waals surface area (Å²) in [6, 6.07) is 9.47. The quantitative estimate of drug-likeness (QED) is 0.232. The van der Waals surface area contributed by atoms with Gasteiger partial charge in [0.1, 0.15) is 6.10 Å². The van der Waals surface area contributed by atoms with Crippen LogP contribution in [0.2, 0.25) is 18.1 Å². The van der Waals surface area contributed by atoms with Gasteiger partial charge in [-0.3, -0.25) is 0 Å². The number of hydrogen-bond acceptors (Lipinski definition) is 3. The van der Waals surface area contributed by atoms with Gasteiger partial charge in [0, 0.05) is 6.61 Å². The molecule has 0 aliphatic heterocycles. The fourth-order valence-corrected chi connectivity index (χ4v) is 7.47. The summed E-state index contributed by atoms with van der Waals surface area (Å²) < 4.78 is 13.1. The molecule has 0 bridgehead atoms. The summed E-state index contributed by atoms with van der Waals surface area (Å²) in [7, 11) is -1.86. The van der Waals surface area contributed by atoms with Crippen LogP contribution in [-0.4, -0.2) is 27.0 Å². The average molecular weight is 485 g/mol. The third kappa shape index (κ3) is 5.70. The van der Waals surface area contributed by atoms with Crippen molar-refractivity contribution >= 4 is 14.3 Å². The molecule has 0 aromatic heterocycles. The van der Waals surface area contributed by atoms with Crippen LogP contribution in [0.25, 0.3) is 0 Å². The summed E-state index contributed by atoms with van der Waals surface area (Å²) in [4.78, 5) is 13.0. The van der Waals surface area contributed by atoms with Crippen molar-refractivity contribution in [3.8, 4) is 0 Å². The van der Waals surface area contributed by atoms with Gasteiger partial charge in [-0.25, -0.2) is 4.79 Å². The lowest BCUT2D eigenvalue weighted by Gasteiger charge is -2.54. The maximum absolute atomic E-state index is 13.0. The molecule has 4 heteroatoms. The molecule has 0 spiro atoms. The molecule has 0 amide bonds. The van der Waals surface area contributed by atoms with Crippen molar-refractivity contribution in [2.24, 2.45) is 35.5 Å². The Balaban J connectivity index is 1.89. The number of carbonyl (C=O) groups is 1. The monoisotopic (exact) mass is 484 g/mol. The van der Waals surface area contributed by atoms with Crippen molar-refractivity contribution in [1.29, 1.82) is 0 Å². The van der Waals surface area contributed by atoms with Crippen LogP contribution >= 0.6 is 0 Å². The van der Waals surface area contributed by atoms with E-state index >= 15 is 0 Å². The van der Waals surface area contributed by atoms with E-state index in [1.807, 2.05) is 30.3 Å². The van der Waals surface area contributed by atoms with Crippen molar-refractivity contribution in [3.05, 3.63) is 47.5 Å². The number of allylic oxidation sites excluding steroid dienone is 2. The topological polar surface area (TPSA) is 35.5 Å². The van der Waals surface area contributed by atoms with Crippen molar-refractivity contribution in [2.45, 2.75) is 92.0 Å². The lowest BCUT2D eigenvalue weighted by molar-refractivity contribution is -0.0921. The summed E-state index contributed by atoms with van der Waals surface area (Å²) in [5, 5.41) is 0.198. The summed E-state index contributed by atoms with van der Waals surface area (Å²) in [6.45, 7) is 21.8. The van der Waals surface area contributed by atoms with Crippen LogP contribution in [0, 0.1) is 35.5 Å². The van der Waals surface area contributed by atoms with Crippen molar-refractivity contribution < 1.29 is 14.0 Å². The Morgan fingerprint density at radius 3 is 2.32 bits per heavy atom. The molecule has 2 aliphatic carbocycles. The Kier molecular flexibility index (Phi) is 8.56. The Hall–Kier alpha value is -1.39. The average Bonchev–Trinajstić information content (AvgIpc) is 2.78. The zero-order valence-electron chi connectivity index (χ0n) is 23.1. The molecule has 1 aromatic carbocycles. The number of ether oxygens (including phenoxy) is 1. The Labute approximate surface area is 209 Å². The van der Waals surface area contributed by atoms with Gasteiger partial charge in [0.05, 0.1) is 5.56 Å². The second-order valence-electron chi connectivity index (χ2n) is 12.6. The highest BCUT2D eigenvalue weighted by molar-refractivity contribution is 6.74. The molecule has 34 heavy (non-hydrogen) atoms. The highest BCUT2D eigenvalue weighted by Gasteiger charge is 2.51. The largest absolute Gasteiger partial charge is 0.458 e. The first-order valence-electron chi connectivity index (χ1n) is 13.4. The minimum absolute atomic E-state index is 0.00131. The summed E-state index contributed by atoms with van der Waals surface area (Å²) >= 11 is 0. The third-order valence-electron chi connectivity index (χ3n) is 9.44. The predicted octanol–water partition coefficient (Wildman–Crippen LogP) is 8.13. The van der Waals surface area contributed by atoms with Crippen LogP contribution < -0.4 is 0 Å². The smallest absolute Gasteiger partial charge is 0.338 e. The van der Waals surface area contributed by atoms with E-state index < -0.39 is 8.32 Å². The van der Waals surface area contributed by atoms with Gasteiger partial charge in [-0.2, -0.15) is 0 Å². The van der Waals surface area contributed by atoms with Crippen LogP contribution in [-0.2, 0) is 9.16 Å². The molecule has 2 saturated carbocycles. The van der Waals surface area contributed by atoms with Crippen molar-refractivity contribution in [3.63, 3.8) is 0 Å². The number of hydrogen-bond donors (Lipinski definition) is 0. The lowest BCUT2D eigenvalue weighted by Crippen LogP contribution is -2.53. The van der Waals surface area contributed by atoms with E-state index in [-0.39, 0.29) is 17.1 Å². The lowest BCUT2D eigenvalue weighted by atomic mass is 9.53. The van der Waals surface area contributed by atoms with E-state index in [0.717, 1.165) is 25.9 Å². The minimum Gasteiger partial charge on any atom is -0.458 e. The first kappa shape index (κ1) is 27.2. The summed E-state index contributed by atoms with van der Waals surface area (Å²) in [6.07, 6.45) is 5.51. The molecule has 190 valence electrons. The zero-order valence-corrected chi connectivity index (χ0v) is 24.1. The van der Waals surface area contributed by atoms with E-state index in [4.69, 9.17) is 9.16 Å². The molecule has 0 heterocycles. The molecular weight excluding hydrogens is 436 g/mol. The minimum atomic E-state index is -1.86. The first-order chi connectivity index (χ1) is 15.9. The fourth-order valence-electron chi connectivity index (χ4n) is 6.43. The Morgan fingerprint density at radius 1 is 1.09 bits per heavy atom. The van der Waals surface area contributed by atoms with Gasteiger partial charge in [0.15, 0.2) is 8.32 Å². The van der Waals surface area contributed by atoms with E-state index in [1.54, 1.807) is 0 Å². The molecule has 1 aromatic rings. The van der Waals surface area contributed by atoms with E-state index in [1.165, 1.54) is 5.57 Å². The number of fused-ring (bicyclic) bond motifs is 1. The number of esters is 1. The molecule has 3 nitrogen and oxygen atoms in total. The van der Waals surface area contributed by atoms with Crippen LogP contribution in [0.15, 0.2) is 42.0 Å². The van der Waals surface area contributed by atoms with Gasteiger partial charge in [-0.05, 0) is 98.9 Å². The molecule has 2 fully saturated rings. The Morgan fingerprint density at radius 2 is 1.74 bits per heavy atom. The molecular formula is C30H48O3Si. The number of carbonyl (C=O) groups excluding carboxylic acids is 1. The van der Waals surface area contributed by atoms with Crippen LogP contribution in [0.5, 0.6) is 0 Å². The van der Waals surface area contributed by atoms with Crippen molar-refractivity contribution in [1.82, 2.24) is 0 Å². The fraction of sp³-hybridized carbons (Fsp3) is 0.700. The number of rotatable bonds is 6. The van der Waals surface area contributed by atoms with Crippen LogP contribution in [0.4, 0.5) is 0 Å². The van der Waals surface area contributed by atoms with Gasteiger partial charge < -0.3 is 9.16 Å². The van der Waals surface area contributed by atoms with E-state index in [0.29, 0.717) is 41.1 Å². The van der Waals surface area contributed by atoms with E-state index in [2.05, 4.69) is 67.6 Å². The predicted molar refractivity (Wildman–Crippen MR) is 144 cm³/mol. The standard InChI is InChI=1S/C30H48O3Si/c1-10-20(2)27-22(4)18-24-26(33-29(31)23-14-12-11-13-15-23)17-16-21(3)28(24)25(27)19-32-34(8,9)30(5,6)7/h10-15,21-22,24-28H,16-19H2,1-9H3/b20-10+/t21-,22-,24-,25+,26-,27+,28+/m0/s1. The van der Waals surface area contributed by atoms with Crippen molar-refractivity contribution in [2.75, 3.05) is 6.61 Å². The Bertz CT molecular complexity index is 854. The molecule has 0 saturated heterocycles.